The molecule has 2 fully saturated rings. The van der Waals surface area contributed by atoms with Gasteiger partial charge >= 0.3 is 0 Å². The lowest BCUT2D eigenvalue weighted by Gasteiger charge is -2.33. The van der Waals surface area contributed by atoms with Gasteiger partial charge in [-0.1, -0.05) is 17.3 Å². The molecule has 0 unspecified atom stereocenters. The van der Waals surface area contributed by atoms with Crippen molar-refractivity contribution in [3.8, 4) is 11.3 Å². The van der Waals surface area contributed by atoms with Crippen LogP contribution in [0.25, 0.3) is 22.2 Å². The third-order valence-electron chi connectivity index (χ3n) is 7.79. The second kappa shape index (κ2) is 8.26. The molecule has 2 aliphatic heterocycles. The number of likely N-dealkylation sites (tertiary alicyclic amines) is 1. The van der Waals surface area contributed by atoms with E-state index in [1.807, 2.05) is 52.3 Å². The molecule has 3 aliphatic rings. The largest absolute Gasteiger partial charge is 0.360 e. The molecule has 4 aromatic rings. The number of carbonyl (C=O) groups excluding carboxylic acids is 2. The number of amides is 2. The van der Waals surface area contributed by atoms with Crippen LogP contribution in [0.2, 0.25) is 0 Å². The van der Waals surface area contributed by atoms with E-state index in [1.54, 1.807) is 18.6 Å². The van der Waals surface area contributed by atoms with Crippen LogP contribution in [0.15, 0.2) is 65.6 Å². The minimum Gasteiger partial charge on any atom is -0.360 e. The van der Waals surface area contributed by atoms with Crippen LogP contribution in [-0.2, 0) is 29.0 Å². The Balaban J connectivity index is 1.10. The lowest BCUT2D eigenvalue weighted by atomic mass is 10.0. The van der Waals surface area contributed by atoms with Crippen molar-refractivity contribution >= 4 is 22.7 Å². The predicted octanol–water partition coefficient (Wildman–Crippen LogP) is 3.40. The summed E-state index contributed by atoms with van der Waals surface area (Å²) in [6.45, 7) is 1.02. The molecule has 8 heteroatoms. The number of pyridine rings is 2. The maximum atomic E-state index is 13.8. The minimum atomic E-state index is -0.394. The Bertz CT molecular complexity index is 1480. The number of piperidine rings is 1. The zero-order valence-electron chi connectivity index (χ0n) is 19.7. The molecule has 7 rings (SSSR count). The molecule has 0 bridgehead atoms. The first-order chi connectivity index (χ1) is 17.7. The van der Waals surface area contributed by atoms with Crippen LogP contribution in [0.4, 0.5) is 0 Å². The molecule has 3 atom stereocenters. The second-order valence-corrected chi connectivity index (χ2v) is 10.0. The average Bonchev–Trinajstić information content (AvgIpc) is 3.37. The summed E-state index contributed by atoms with van der Waals surface area (Å²) < 4.78 is 5.60. The topological polar surface area (TPSA) is 92.4 Å². The van der Waals surface area contributed by atoms with Gasteiger partial charge in [0.05, 0.1) is 18.5 Å². The van der Waals surface area contributed by atoms with E-state index >= 15 is 0 Å². The van der Waals surface area contributed by atoms with Gasteiger partial charge in [-0.15, -0.1) is 0 Å². The van der Waals surface area contributed by atoms with Crippen LogP contribution < -0.4 is 0 Å². The van der Waals surface area contributed by atoms with Crippen molar-refractivity contribution in [2.75, 3.05) is 6.54 Å². The van der Waals surface area contributed by atoms with Crippen molar-refractivity contribution in [2.24, 2.45) is 5.92 Å². The molecule has 180 valence electrons. The first kappa shape index (κ1) is 21.2. The van der Waals surface area contributed by atoms with Crippen LogP contribution in [0.3, 0.4) is 0 Å². The maximum absolute atomic E-state index is 13.8. The number of benzene rings is 1. The van der Waals surface area contributed by atoms with Crippen molar-refractivity contribution < 1.29 is 14.1 Å². The zero-order chi connectivity index (χ0) is 24.2. The first-order valence-corrected chi connectivity index (χ1v) is 12.5. The lowest BCUT2D eigenvalue weighted by molar-refractivity contribution is -0.145. The van der Waals surface area contributed by atoms with Crippen LogP contribution in [-0.4, -0.2) is 55.4 Å². The van der Waals surface area contributed by atoms with E-state index in [2.05, 4.69) is 15.1 Å². The molecule has 3 aromatic heterocycles. The van der Waals surface area contributed by atoms with Crippen molar-refractivity contribution in [1.82, 2.24) is 24.9 Å². The fourth-order valence-corrected chi connectivity index (χ4v) is 5.88. The van der Waals surface area contributed by atoms with Crippen LogP contribution in [0.1, 0.15) is 29.7 Å². The fraction of sp³-hybridized carbons (Fsp3) is 0.321. The third-order valence-corrected chi connectivity index (χ3v) is 7.79. The molecule has 0 radical (unpaired) electrons. The number of nitrogens with zero attached hydrogens (tertiary/aromatic N) is 5. The van der Waals surface area contributed by atoms with Gasteiger partial charge in [-0.2, -0.15) is 0 Å². The van der Waals surface area contributed by atoms with Crippen LogP contribution >= 0.6 is 0 Å². The first-order valence-electron chi connectivity index (χ1n) is 12.5. The Morgan fingerprint density at radius 2 is 1.94 bits per heavy atom. The van der Waals surface area contributed by atoms with E-state index in [4.69, 9.17) is 4.52 Å². The van der Waals surface area contributed by atoms with Gasteiger partial charge in [0.25, 0.3) is 0 Å². The van der Waals surface area contributed by atoms with Crippen LogP contribution in [0, 0.1) is 5.92 Å². The predicted molar refractivity (Wildman–Crippen MR) is 131 cm³/mol. The molecule has 0 spiro atoms. The maximum Gasteiger partial charge on any atom is 0.245 e. The van der Waals surface area contributed by atoms with E-state index in [1.165, 1.54) is 0 Å². The van der Waals surface area contributed by atoms with Crippen LogP contribution in [0.5, 0.6) is 0 Å². The molecule has 1 saturated carbocycles. The number of fused-ring (bicyclic) bond motifs is 3. The summed E-state index contributed by atoms with van der Waals surface area (Å²) in [5.74, 6) is 1.33. The number of carbonyl (C=O) groups is 2. The molecule has 1 saturated heterocycles. The monoisotopic (exact) mass is 479 g/mol. The normalized spacial score (nSPS) is 22.4. The van der Waals surface area contributed by atoms with Crippen molar-refractivity contribution in [2.45, 2.75) is 44.3 Å². The molecule has 36 heavy (non-hydrogen) atoms. The summed E-state index contributed by atoms with van der Waals surface area (Å²) in [5.41, 5.74) is 4.50. The van der Waals surface area contributed by atoms with Gasteiger partial charge in [0, 0.05) is 54.1 Å². The fourth-order valence-electron chi connectivity index (χ4n) is 5.88. The van der Waals surface area contributed by atoms with Gasteiger partial charge in [-0.05, 0) is 54.7 Å². The Hall–Kier alpha value is -4.07. The number of hydrogen-bond acceptors (Lipinski definition) is 6. The Morgan fingerprint density at radius 1 is 1.06 bits per heavy atom. The van der Waals surface area contributed by atoms with Gasteiger partial charge in [0.2, 0.25) is 11.8 Å². The summed E-state index contributed by atoms with van der Waals surface area (Å²) in [7, 11) is 0. The summed E-state index contributed by atoms with van der Waals surface area (Å²) in [6, 6.07) is 13.4. The van der Waals surface area contributed by atoms with Gasteiger partial charge in [0.15, 0.2) is 0 Å². The highest BCUT2D eigenvalue weighted by molar-refractivity contribution is 5.91. The number of rotatable bonds is 4. The molecule has 2 amide bonds. The number of aromatic nitrogens is 3. The Morgan fingerprint density at radius 3 is 2.83 bits per heavy atom. The van der Waals surface area contributed by atoms with Gasteiger partial charge in [0.1, 0.15) is 17.5 Å². The molecular formula is C28H25N5O3. The third kappa shape index (κ3) is 3.56. The van der Waals surface area contributed by atoms with Gasteiger partial charge in [-0.25, -0.2) is 0 Å². The van der Waals surface area contributed by atoms with E-state index in [-0.39, 0.29) is 17.9 Å². The highest BCUT2D eigenvalue weighted by Gasteiger charge is 2.56. The minimum absolute atomic E-state index is 0.0294. The average molecular weight is 480 g/mol. The smallest absolute Gasteiger partial charge is 0.245 e. The number of hydrogen-bond donors (Lipinski definition) is 0. The van der Waals surface area contributed by atoms with E-state index in [9.17, 15) is 9.59 Å². The molecule has 1 aromatic carbocycles. The van der Waals surface area contributed by atoms with E-state index < -0.39 is 6.04 Å². The Kier molecular flexibility index (Phi) is 4.87. The summed E-state index contributed by atoms with van der Waals surface area (Å²) in [4.78, 5) is 39.4. The van der Waals surface area contributed by atoms with Gasteiger partial charge < -0.3 is 14.3 Å². The highest BCUT2D eigenvalue weighted by atomic mass is 16.5. The SMILES string of the molecule is O=C([C@H]1C[C@H]2C[C@H]2N1C(=O)Cc1ccc2ncccc2c1)N1CCc2onc(-c3ccncc3)c2C1. The molecule has 0 N–H and O–H groups in total. The quantitative estimate of drug-likeness (QED) is 0.446. The standard InChI is InChI=1S/C28H25N5O3/c34-26(13-17-3-4-22-19(12-17)2-1-8-30-22)33-23-14-20(23)15-24(33)28(35)32-11-7-25-21(16-32)27(31-36-25)18-5-9-29-10-6-18/h1-6,8-10,12,20,23-24H,7,11,13-16H2/t20-,23-,24-/m1/s1. The summed E-state index contributed by atoms with van der Waals surface area (Å²) in [5, 5.41) is 5.30. The van der Waals surface area contributed by atoms with Gasteiger partial charge in [-0.3, -0.25) is 19.6 Å². The zero-order valence-corrected chi connectivity index (χ0v) is 19.7. The second-order valence-electron chi connectivity index (χ2n) is 10.0. The molecule has 8 nitrogen and oxygen atoms in total. The van der Waals surface area contributed by atoms with E-state index in [0.717, 1.165) is 51.9 Å². The highest BCUT2D eigenvalue weighted by Crippen LogP contribution is 2.48. The van der Waals surface area contributed by atoms with Crippen molar-refractivity contribution in [3.05, 3.63) is 77.9 Å². The molecule has 5 heterocycles. The van der Waals surface area contributed by atoms with E-state index in [0.29, 0.717) is 31.8 Å². The Labute approximate surface area is 207 Å². The summed E-state index contributed by atoms with van der Waals surface area (Å²) >= 11 is 0. The van der Waals surface area contributed by atoms with Crippen molar-refractivity contribution in [1.29, 1.82) is 0 Å². The molecule has 1 aliphatic carbocycles. The lowest BCUT2D eigenvalue weighted by Crippen LogP contribution is -2.50. The van der Waals surface area contributed by atoms with Crippen molar-refractivity contribution in [3.63, 3.8) is 0 Å². The molecular weight excluding hydrogens is 454 g/mol. The summed E-state index contributed by atoms with van der Waals surface area (Å²) in [6.07, 6.45) is 7.88.